The standard InChI is InChI=1S/C14H28N2O2/c1-5-11(3)10-16(6-2)12-7-8-14(9-12,15-4)13(17)18/h11-12,15H,5-10H2,1-4H3,(H,17,18). The summed E-state index contributed by atoms with van der Waals surface area (Å²) in [7, 11) is 1.77. The van der Waals surface area contributed by atoms with Gasteiger partial charge in [0, 0.05) is 12.6 Å². The molecular weight excluding hydrogens is 228 g/mol. The van der Waals surface area contributed by atoms with Gasteiger partial charge in [-0.25, -0.2) is 0 Å². The summed E-state index contributed by atoms with van der Waals surface area (Å²) >= 11 is 0. The number of hydrogen-bond donors (Lipinski definition) is 2. The molecule has 1 fully saturated rings. The lowest BCUT2D eigenvalue weighted by molar-refractivity contribution is -0.144. The summed E-state index contributed by atoms with van der Waals surface area (Å²) in [5, 5.41) is 12.4. The number of carboxylic acids is 1. The molecule has 1 aliphatic carbocycles. The van der Waals surface area contributed by atoms with Crippen LogP contribution in [0.1, 0.15) is 46.5 Å². The summed E-state index contributed by atoms with van der Waals surface area (Å²) in [5.74, 6) is -0.0218. The molecule has 0 aromatic carbocycles. The van der Waals surface area contributed by atoms with Crippen molar-refractivity contribution < 1.29 is 9.90 Å². The van der Waals surface area contributed by atoms with Gasteiger partial charge < -0.3 is 15.3 Å². The van der Waals surface area contributed by atoms with Crippen LogP contribution >= 0.6 is 0 Å². The van der Waals surface area contributed by atoms with E-state index in [-0.39, 0.29) is 0 Å². The van der Waals surface area contributed by atoms with Gasteiger partial charge in [-0.3, -0.25) is 4.79 Å². The van der Waals surface area contributed by atoms with Crippen LogP contribution in [0.2, 0.25) is 0 Å². The van der Waals surface area contributed by atoms with E-state index < -0.39 is 11.5 Å². The second kappa shape index (κ2) is 6.53. The molecule has 0 aromatic heterocycles. The molecule has 3 atom stereocenters. The molecule has 0 radical (unpaired) electrons. The van der Waals surface area contributed by atoms with E-state index in [1.165, 1.54) is 6.42 Å². The molecule has 106 valence electrons. The Morgan fingerprint density at radius 1 is 1.56 bits per heavy atom. The maximum absolute atomic E-state index is 11.4. The molecule has 0 bridgehead atoms. The fraction of sp³-hybridized carbons (Fsp3) is 0.929. The second-order valence-corrected chi connectivity index (χ2v) is 5.63. The highest BCUT2D eigenvalue weighted by Gasteiger charge is 2.45. The Kier molecular flexibility index (Phi) is 5.60. The SMILES string of the molecule is CCC(C)CN(CC)C1CCC(NC)(C(=O)O)C1. The average molecular weight is 256 g/mol. The molecule has 0 saturated heterocycles. The van der Waals surface area contributed by atoms with Gasteiger partial charge in [0.15, 0.2) is 0 Å². The Morgan fingerprint density at radius 3 is 2.61 bits per heavy atom. The van der Waals surface area contributed by atoms with Crippen molar-refractivity contribution in [2.24, 2.45) is 5.92 Å². The van der Waals surface area contributed by atoms with Crippen LogP contribution in [0.25, 0.3) is 0 Å². The van der Waals surface area contributed by atoms with Crippen LogP contribution in [0.15, 0.2) is 0 Å². The van der Waals surface area contributed by atoms with Crippen molar-refractivity contribution in [3.05, 3.63) is 0 Å². The summed E-state index contributed by atoms with van der Waals surface area (Å²) in [6.45, 7) is 8.73. The Balaban J connectivity index is 2.65. The summed E-state index contributed by atoms with van der Waals surface area (Å²) in [5.41, 5.74) is -0.701. The lowest BCUT2D eigenvalue weighted by Crippen LogP contribution is -2.49. The van der Waals surface area contributed by atoms with Gasteiger partial charge in [0.25, 0.3) is 0 Å². The zero-order valence-corrected chi connectivity index (χ0v) is 12.2. The van der Waals surface area contributed by atoms with E-state index >= 15 is 0 Å². The predicted molar refractivity (Wildman–Crippen MR) is 73.8 cm³/mol. The van der Waals surface area contributed by atoms with Crippen molar-refractivity contribution in [1.82, 2.24) is 10.2 Å². The molecule has 0 spiro atoms. The first-order valence-corrected chi connectivity index (χ1v) is 7.15. The summed E-state index contributed by atoms with van der Waals surface area (Å²) in [4.78, 5) is 13.9. The van der Waals surface area contributed by atoms with E-state index in [1.807, 2.05) is 0 Å². The lowest BCUT2D eigenvalue weighted by Gasteiger charge is -2.31. The van der Waals surface area contributed by atoms with Crippen molar-refractivity contribution in [2.45, 2.75) is 58.0 Å². The molecular formula is C14H28N2O2. The van der Waals surface area contributed by atoms with E-state index in [4.69, 9.17) is 0 Å². The average Bonchev–Trinajstić information content (AvgIpc) is 2.81. The smallest absolute Gasteiger partial charge is 0.323 e. The molecule has 1 aliphatic rings. The number of aliphatic carboxylic acids is 1. The Hall–Kier alpha value is -0.610. The van der Waals surface area contributed by atoms with Crippen LogP contribution in [0.4, 0.5) is 0 Å². The first kappa shape index (κ1) is 15.4. The quantitative estimate of drug-likeness (QED) is 0.731. The van der Waals surface area contributed by atoms with Crippen LogP contribution in [-0.4, -0.2) is 47.7 Å². The molecule has 1 rings (SSSR count). The lowest BCUT2D eigenvalue weighted by atomic mass is 9.97. The first-order valence-electron chi connectivity index (χ1n) is 7.15. The zero-order chi connectivity index (χ0) is 13.8. The van der Waals surface area contributed by atoms with E-state index in [0.717, 1.165) is 32.4 Å². The molecule has 0 aromatic rings. The predicted octanol–water partition coefficient (Wildman–Crippen LogP) is 1.95. The fourth-order valence-corrected chi connectivity index (χ4v) is 2.93. The third-order valence-electron chi connectivity index (χ3n) is 4.54. The van der Waals surface area contributed by atoms with Crippen molar-refractivity contribution in [1.29, 1.82) is 0 Å². The maximum atomic E-state index is 11.4. The molecule has 0 heterocycles. The van der Waals surface area contributed by atoms with Crippen molar-refractivity contribution in [2.75, 3.05) is 20.1 Å². The van der Waals surface area contributed by atoms with Gasteiger partial charge in [-0.15, -0.1) is 0 Å². The number of likely N-dealkylation sites (N-methyl/N-ethyl adjacent to an activating group) is 1. The Morgan fingerprint density at radius 2 is 2.22 bits per heavy atom. The topological polar surface area (TPSA) is 52.6 Å². The van der Waals surface area contributed by atoms with Crippen LogP contribution < -0.4 is 5.32 Å². The van der Waals surface area contributed by atoms with Gasteiger partial charge in [0.05, 0.1) is 0 Å². The number of rotatable bonds is 7. The van der Waals surface area contributed by atoms with E-state index in [1.54, 1.807) is 7.05 Å². The number of carboxylic acid groups (broad SMARTS) is 1. The third kappa shape index (κ3) is 3.23. The minimum atomic E-state index is -0.702. The van der Waals surface area contributed by atoms with Gasteiger partial charge in [-0.05, 0) is 38.8 Å². The van der Waals surface area contributed by atoms with Gasteiger partial charge >= 0.3 is 5.97 Å². The van der Waals surface area contributed by atoms with Gasteiger partial charge in [0.1, 0.15) is 5.54 Å². The molecule has 1 saturated carbocycles. The second-order valence-electron chi connectivity index (χ2n) is 5.63. The summed E-state index contributed by atoms with van der Waals surface area (Å²) in [6.07, 6.45) is 3.63. The highest BCUT2D eigenvalue weighted by molar-refractivity contribution is 5.79. The van der Waals surface area contributed by atoms with Crippen LogP contribution in [0.5, 0.6) is 0 Å². The minimum absolute atomic E-state index is 0.410. The maximum Gasteiger partial charge on any atom is 0.323 e. The molecule has 4 nitrogen and oxygen atoms in total. The normalized spacial score (nSPS) is 29.7. The first-order chi connectivity index (χ1) is 8.49. The van der Waals surface area contributed by atoms with Crippen LogP contribution in [0.3, 0.4) is 0 Å². The number of nitrogens with one attached hydrogen (secondary N) is 1. The molecule has 0 aliphatic heterocycles. The van der Waals surface area contributed by atoms with Crippen LogP contribution in [-0.2, 0) is 4.79 Å². The monoisotopic (exact) mass is 256 g/mol. The van der Waals surface area contributed by atoms with E-state index in [9.17, 15) is 9.90 Å². The molecule has 0 amide bonds. The molecule has 4 heteroatoms. The van der Waals surface area contributed by atoms with Crippen molar-refractivity contribution in [3.63, 3.8) is 0 Å². The van der Waals surface area contributed by atoms with E-state index in [2.05, 4.69) is 31.0 Å². The minimum Gasteiger partial charge on any atom is -0.480 e. The van der Waals surface area contributed by atoms with Gasteiger partial charge in [0.2, 0.25) is 0 Å². The Bertz CT molecular complexity index is 283. The van der Waals surface area contributed by atoms with Crippen LogP contribution in [0, 0.1) is 5.92 Å². The zero-order valence-electron chi connectivity index (χ0n) is 12.2. The summed E-state index contributed by atoms with van der Waals surface area (Å²) in [6, 6.07) is 0.410. The highest BCUT2D eigenvalue weighted by atomic mass is 16.4. The summed E-state index contributed by atoms with van der Waals surface area (Å²) < 4.78 is 0. The third-order valence-corrected chi connectivity index (χ3v) is 4.54. The molecule has 3 unspecified atom stereocenters. The van der Waals surface area contributed by atoms with Gasteiger partial charge in [-0.1, -0.05) is 27.2 Å². The largest absolute Gasteiger partial charge is 0.480 e. The van der Waals surface area contributed by atoms with E-state index in [0.29, 0.717) is 12.0 Å². The van der Waals surface area contributed by atoms with Gasteiger partial charge in [-0.2, -0.15) is 0 Å². The van der Waals surface area contributed by atoms with Crippen molar-refractivity contribution >= 4 is 5.97 Å². The molecule has 18 heavy (non-hydrogen) atoms. The molecule has 2 N–H and O–H groups in total. The number of hydrogen-bond acceptors (Lipinski definition) is 3. The Labute approximate surface area is 111 Å². The fourth-order valence-electron chi connectivity index (χ4n) is 2.93. The number of carbonyl (C=O) groups is 1. The van der Waals surface area contributed by atoms with Crippen molar-refractivity contribution in [3.8, 4) is 0 Å². The highest BCUT2D eigenvalue weighted by Crippen LogP contribution is 2.33. The number of nitrogens with zero attached hydrogens (tertiary/aromatic N) is 1.